The van der Waals surface area contributed by atoms with Crippen molar-refractivity contribution in [2.24, 2.45) is 0 Å². The van der Waals surface area contributed by atoms with Crippen LogP contribution in [-0.4, -0.2) is 33.5 Å². The summed E-state index contributed by atoms with van der Waals surface area (Å²) in [5, 5.41) is 6.67. The SMILES string of the molecule is O=C(Nc1ccc(F)cc1OCC(F)(F)F)c1nc(C2CC2)n(-c2ccccc2)n1. The van der Waals surface area contributed by atoms with Gasteiger partial charge in [0.1, 0.15) is 17.4 Å². The van der Waals surface area contributed by atoms with Crippen LogP contribution in [0.1, 0.15) is 35.2 Å². The first-order valence-electron chi connectivity index (χ1n) is 9.13. The van der Waals surface area contributed by atoms with Gasteiger partial charge in [-0.25, -0.2) is 14.1 Å². The molecule has 1 aromatic heterocycles. The second-order valence-electron chi connectivity index (χ2n) is 6.81. The number of aromatic nitrogens is 3. The maximum atomic E-state index is 13.5. The fourth-order valence-corrected chi connectivity index (χ4v) is 2.84. The number of nitrogens with zero attached hydrogens (tertiary/aromatic N) is 3. The highest BCUT2D eigenvalue weighted by molar-refractivity contribution is 6.02. The van der Waals surface area contributed by atoms with E-state index in [1.54, 1.807) is 4.68 Å². The fraction of sp³-hybridized carbons (Fsp3) is 0.250. The normalized spacial score (nSPS) is 13.9. The van der Waals surface area contributed by atoms with Gasteiger partial charge in [-0.05, 0) is 37.1 Å². The molecule has 0 radical (unpaired) electrons. The van der Waals surface area contributed by atoms with Crippen molar-refractivity contribution in [3.05, 3.63) is 66.0 Å². The molecule has 1 aliphatic carbocycles. The Morgan fingerprint density at radius 1 is 1.17 bits per heavy atom. The maximum absolute atomic E-state index is 13.5. The number of carbonyl (C=O) groups is 1. The summed E-state index contributed by atoms with van der Waals surface area (Å²) in [5.41, 5.74) is 0.622. The van der Waals surface area contributed by atoms with E-state index in [-0.39, 0.29) is 17.4 Å². The molecule has 1 saturated carbocycles. The van der Waals surface area contributed by atoms with Crippen LogP contribution in [0.4, 0.5) is 23.2 Å². The lowest BCUT2D eigenvalue weighted by Crippen LogP contribution is -2.21. The highest BCUT2D eigenvalue weighted by atomic mass is 19.4. The van der Waals surface area contributed by atoms with Gasteiger partial charge in [0, 0.05) is 12.0 Å². The van der Waals surface area contributed by atoms with Crippen LogP contribution in [0.25, 0.3) is 5.69 Å². The lowest BCUT2D eigenvalue weighted by molar-refractivity contribution is -0.153. The van der Waals surface area contributed by atoms with Crippen molar-refractivity contribution in [1.29, 1.82) is 0 Å². The molecular formula is C20H16F4N4O2. The first-order chi connectivity index (χ1) is 14.3. The molecule has 1 aliphatic rings. The van der Waals surface area contributed by atoms with Gasteiger partial charge in [-0.3, -0.25) is 4.79 Å². The van der Waals surface area contributed by atoms with Crippen LogP contribution in [0.2, 0.25) is 0 Å². The number of para-hydroxylation sites is 1. The Morgan fingerprint density at radius 3 is 2.57 bits per heavy atom. The molecule has 30 heavy (non-hydrogen) atoms. The van der Waals surface area contributed by atoms with Crippen LogP contribution in [0.15, 0.2) is 48.5 Å². The Bertz CT molecular complexity index is 1060. The number of hydrogen-bond donors (Lipinski definition) is 1. The van der Waals surface area contributed by atoms with E-state index in [2.05, 4.69) is 20.1 Å². The molecule has 1 fully saturated rings. The number of carbonyl (C=O) groups excluding carboxylic acids is 1. The average molecular weight is 420 g/mol. The molecule has 0 unspecified atom stereocenters. The monoisotopic (exact) mass is 420 g/mol. The van der Waals surface area contributed by atoms with Gasteiger partial charge in [0.15, 0.2) is 6.61 Å². The van der Waals surface area contributed by atoms with E-state index in [1.807, 2.05) is 30.3 Å². The van der Waals surface area contributed by atoms with E-state index < -0.39 is 30.3 Å². The molecule has 2 aromatic carbocycles. The van der Waals surface area contributed by atoms with Crippen LogP contribution < -0.4 is 10.1 Å². The van der Waals surface area contributed by atoms with Gasteiger partial charge in [-0.1, -0.05) is 18.2 Å². The summed E-state index contributed by atoms with van der Waals surface area (Å²) in [5.74, 6) is -1.30. The van der Waals surface area contributed by atoms with Gasteiger partial charge in [0.25, 0.3) is 5.91 Å². The summed E-state index contributed by atoms with van der Waals surface area (Å²) in [4.78, 5) is 17.0. The number of halogens is 4. The van der Waals surface area contributed by atoms with Gasteiger partial charge in [0.05, 0.1) is 11.4 Å². The first kappa shape index (κ1) is 19.9. The Labute approximate surface area is 168 Å². The molecular weight excluding hydrogens is 404 g/mol. The van der Waals surface area contributed by atoms with Crippen molar-refractivity contribution in [3.63, 3.8) is 0 Å². The molecule has 6 nitrogen and oxygen atoms in total. The summed E-state index contributed by atoms with van der Waals surface area (Å²) >= 11 is 0. The molecule has 4 rings (SSSR count). The lowest BCUT2D eigenvalue weighted by atomic mass is 10.2. The number of anilines is 1. The van der Waals surface area contributed by atoms with Crippen molar-refractivity contribution in [2.75, 3.05) is 11.9 Å². The van der Waals surface area contributed by atoms with Crippen molar-refractivity contribution in [2.45, 2.75) is 24.9 Å². The van der Waals surface area contributed by atoms with Gasteiger partial charge in [-0.15, -0.1) is 5.10 Å². The van der Waals surface area contributed by atoms with Gasteiger partial charge < -0.3 is 10.1 Å². The zero-order chi connectivity index (χ0) is 21.3. The largest absolute Gasteiger partial charge is 0.482 e. The average Bonchev–Trinajstić information content (AvgIpc) is 3.46. The Morgan fingerprint density at radius 2 is 1.90 bits per heavy atom. The van der Waals surface area contributed by atoms with E-state index in [0.29, 0.717) is 5.82 Å². The van der Waals surface area contributed by atoms with E-state index in [1.165, 1.54) is 0 Å². The second kappa shape index (κ2) is 7.77. The van der Waals surface area contributed by atoms with E-state index >= 15 is 0 Å². The minimum Gasteiger partial charge on any atom is -0.482 e. The molecule has 0 bridgehead atoms. The third-order valence-corrected chi connectivity index (χ3v) is 4.36. The zero-order valence-electron chi connectivity index (χ0n) is 15.5. The molecule has 1 N–H and O–H groups in total. The molecule has 0 atom stereocenters. The number of hydrogen-bond acceptors (Lipinski definition) is 4. The van der Waals surface area contributed by atoms with Crippen molar-refractivity contribution >= 4 is 11.6 Å². The number of rotatable bonds is 6. The highest BCUT2D eigenvalue weighted by Gasteiger charge is 2.32. The van der Waals surface area contributed by atoms with Crippen LogP contribution in [0, 0.1) is 5.82 Å². The predicted octanol–water partition coefficient (Wildman–Crippen LogP) is 4.48. The Kier molecular flexibility index (Phi) is 5.15. The van der Waals surface area contributed by atoms with Gasteiger partial charge >= 0.3 is 6.18 Å². The highest BCUT2D eigenvalue weighted by Crippen LogP contribution is 2.39. The summed E-state index contributed by atoms with van der Waals surface area (Å²) in [6.07, 6.45) is -2.75. The van der Waals surface area contributed by atoms with E-state index in [0.717, 1.165) is 36.7 Å². The third-order valence-electron chi connectivity index (χ3n) is 4.36. The number of benzene rings is 2. The number of nitrogens with one attached hydrogen (secondary N) is 1. The number of alkyl halides is 3. The molecule has 1 amide bonds. The summed E-state index contributed by atoms with van der Waals surface area (Å²) in [6.45, 7) is -1.62. The van der Waals surface area contributed by atoms with Crippen molar-refractivity contribution in [3.8, 4) is 11.4 Å². The first-order valence-corrected chi connectivity index (χ1v) is 9.13. The lowest BCUT2D eigenvalue weighted by Gasteiger charge is -2.13. The minimum absolute atomic E-state index is 0.116. The van der Waals surface area contributed by atoms with Gasteiger partial charge in [0.2, 0.25) is 5.82 Å². The van der Waals surface area contributed by atoms with E-state index in [9.17, 15) is 22.4 Å². The Hall–Kier alpha value is -3.43. The molecule has 0 saturated heterocycles. The third kappa shape index (κ3) is 4.58. The fourth-order valence-electron chi connectivity index (χ4n) is 2.84. The predicted molar refractivity (Wildman–Crippen MR) is 99.2 cm³/mol. The topological polar surface area (TPSA) is 69.0 Å². The summed E-state index contributed by atoms with van der Waals surface area (Å²) in [6, 6.07) is 12.1. The molecule has 3 aromatic rings. The number of ether oxygens (including phenoxy) is 1. The Balaban J connectivity index is 1.59. The summed E-state index contributed by atoms with van der Waals surface area (Å²) in [7, 11) is 0. The molecule has 0 spiro atoms. The van der Waals surface area contributed by atoms with Crippen LogP contribution in [0.5, 0.6) is 5.75 Å². The maximum Gasteiger partial charge on any atom is 0.422 e. The standard InChI is InChI=1S/C20H16F4N4O2/c21-13-8-9-15(16(10-13)30-11-20(22,23)24)25-19(29)17-26-18(12-6-7-12)28(27-17)14-4-2-1-3-5-14/h1-5,8-10,12H,6-7,11H2,(H,25,29). The molecule has 1 heterocycles. The van der Waals surface area contributed by atoms with Crippen LogP contribution >= 0.6 is 0 Å². The van der Waals surface area contributed by atoms with Gasteiger partial charge in [-0.2, -0.15) is 13.2 Å². The second-order valence-corrected chi connectivity index (χ2v) is 6.81. The smallest absolute Gasteiger partial charge is 0.422 e. The van der Waals surface area contributed by atoms with Crippen LogP contribution in [0.3, 0.4) is 0 Å². The minimum atomic E-state index is -4.61. The van der Waals surface area contributed by atoms with Crippen molar-refractivity contribution < 1.29 is 27.1 Å². The quantitative estimate of drug-likeness (QED) is 0.597. The molecule has 0 aliphatic heterocycles. The van der Waals surface area contributed by atoms with E-state index in [4.69, 9.17) is 0 Å². The molecule has 10 heteroatoms. The molecule has 156 valence electrons. The summed E-state index contributed by atoms with van der Waals surface area (Å²) < 4.78 is 57.1. The number of amides is 1. The zero-order valence-corrected chi connectivity index (χ0v) is 15.5. The van der Waals surface area contributed by atoms with Crippen molar-refractivity contribution in [1.82, 2.24) is 14.8 Å². The van der Waals surface area contributed by atoms with Crippen LogP contribution in [-0.2, 0) is 0 Å².